The van der Waals surface area contributed by atoms with Crippen molar-refractivity contribution in [3.05, 3.63) is 59.2 Å². The number of rotatable bonds is 7. The monoisotopic (exact) mass is 464 g/mol. The summed E-state index contributed by atoms with van der Waals surface area (Å²) in [7, 11) is 0. The number of nitrogens with one attached hydrogen (secondary N) is 2. The first-order valence-corrected chi connectivity index (χ1v) is 11.7. The first-order chi connectivity index (χ1) is 15.2. The molecule has 32 heavy (non-hydrogen) atoms. The summed E-state index contributed by atoms with van der Waals surface area (Å²) in [5, 5.41) is 5.51. The van der Waals surface area contributed by atoms with Crippen molar-refractivity contribution in [2.75, 3.05) is 17.6 Å². The van der Waals surface area contributed by atoms with E-state index in [2.05, 4.69) is 10.6 Å². The van der Waals surface area contributed by atoms with Gasteiger partial charge in [-0.2, -0.15) is 13.2 Å². The molecule has 0 aliphatic heterocycles. The molecule has 8 heteroatoms. The fraction of sp³-hybridized carbons (Fsp3) is 0.417. The molecule has 0 spiro atoms. The fourth-order valence-corrected chi connectivity index (χ4v) is 4.71. The zero-order chi connectivity index (χ0) is 23.1. The Labute approximate surface area is 190 Å². The summed E-state index contributed by atoms with van der Waals surface area (Å²) in [5.74, 6) is 0.0865. The molecule has 1 saturated carbocycles. The van der Waals surface area contributed by atoms with Crippen molar-refractivity contribution < 1.29 is 22.8 Å². The number of carbonyl (C=O) groups is 2. The molecule has 1 fully saturated rings. The van der Waals surface area contributed by atoms with Gasteiger partial charge in [0.25, 0.3) is 5.91 Å². The second-order valence-corrected chi connectivity index (χ2v) is 9.09. The lowest BCUT2D eigenvalue weighted by Crippen LogP contribution is -2.31. The van der Waals surface area contributed by atoms with Crippen LogP contribution in [0.2, 0.25) is 0 Å². The summed E-state index contributed by atoms with van der Waals surface area (Å²) in [6.07, 6.45) is 1.48. The first kappa shape index (κ1) is 24.2. The van der Waals surface area contributed by atoms with E-state index in [-0.39, 0.29) is 22.9 Å². The van der Waals surface area contributed by atoms with E-state index in [0.717, 1.165) is 18.9 Å². The van der Waals surface area contributed by atoms with E-state index < -0.39 is 17.6 Å². The normalized spacial score (nSPS) is 14.8. The van der Waals surface area contributed by atoms with E-state index in [4.69, 9.17) is 0 Å². The average molecular weight is 465 g/mol. The number of hydrogen-bond donors (Lipinski definition) is 2. The van der Waals surface area contributed by atoms with E-state index in [1.54, 1.807) is 24.3 Å². The highest BCUT2D eigenvalue weighted by molar-refractivity contribution is 8.00. The van der Waals surface area contributed by atoms with Crippen molar-refractivity contribution in [3.63, 3.8) is 0 Å². The minimum atomic E-state index is -4.50. The largest absolute Gasteiger partial charge is 0.416 e. The van der Waals surface area contributed by atoms with Gasteiger partial charge in [-0.15, -0.1) is 11.8 Å². The van der Waals surface area contributed by atoms with Crippen molar-refractivity contribution in [2.45, 2.75) is 50.1 Å². The van der Waals surface area contributed by atoms with Crippen LogP contribution in [-0.2, 0) is 11.0 Å². The molecular formula is C24H27F3N2O2S. The minimum absolute atomic E-state index is 0.0675. The van der Waals surface area contributed by atoms with Crippen LogP contribution in [0.15, 0.2) is 47.4 Å². The second-order valence-electron chi connectivity index (χ2n) is 8.07. The SMILES string of the molecule is Cc1ccc(NC(=O)c2ccccc2SCC(=O)NCC2CCCCC2)cc1C(F)(F)F. The number of halogens is 3. The maximum atomic E-state index is 13.2. The van der Waals surface area contributed by atoms with Gasteiger partial charge >= 0.3 is 6.18 Å². The summed E-state index contributed by atoms with van der Waals surface area (Å²) in [6, 6.07) is 10.5. The number of anilines is 1. The van der Waals surface area contributed by atoms with Crippen LogP contribution in [0.25, 0.3) is 0 Å². The van der Waals surface area contributed by atoms with E-state index in [0.29, 0.717) is 22.9 Å². The highest BCUT2D eigenvalue weighted by Crippen LogP contribution is 2.34. The van der Waals surface area contributed by atoms with Gasteiger partial charge < -0.3 is 10.6 Å². The van der Waals surface area contributed by atoms with Crippen molar-refractivity contribution in [2.24, 2.45) is 5.92 Å². The van der Waals surface area contributed by atoms with E-state index in [1.165, 1.54) is 50.1 Å². The molecule has 4 nitrogen and oxygen atoms in total. The first-order valence-electron chi connectivity index (χ1n) is 10.7. The zero-order valence-electron chi connectivity index (χ0n) is 17.9. The maximum Gasteiger partial charge on any atom is 0.416 e. The van der Waals surface area contributed by atoms with Crippen molar-refractivity contribution in [1.82, 2.24) is 5.32 Å². The van der Waals surface area contributed by atoms with Gasteiger partial charge in [0.05, 0.1) is 16.9 Å². The molecule has 2 N–H and O–H groups in total. The van der Waals surface area contributed by atoms with Crippen LogP contribution in [-0.4, -0.2) is 24.1 Å². The predicted octanol–water partition coefficient (Wildman–Crippen LogP) is 6.05. The molecule has 3 rings (SSSR count). The van der Waals surface area contributed by atoms with Crippen LogP contribution in [0.4, 0.5) is 18.9 Å². The molecule has 0 radical (unpaired) electrons. The summed E-state index contributed by atoms with van der Waals surface area (Å²) in [4.78, 5) is 25.6. The third-order valence-corrected chi connectivity index (χ3v) is 6.68. The van der Waals surface area contributed by atoms with Crippen LogP contribution in [0.3, 0.4) is 0 Å². The number of aryl methyl sites for hydroxylation is 1. The Morgan fingerprint density at radius 3 is 2.50 bits per heavy atom. The van der Waals surface area contributed by atoms with E-state index in [1.807, 2.05) is 0 Å². The summed E-state index contributed by atoms with van der Waals surface area (Å²) in [6.45, 7) is 2.05. The lowest BCUT2D eigenvalue weighted by molar-refractivity contribution is -0.138. The van der Waals surface area contributed by atoms with Gasteiger partial charge in [-0.05, 0) is 55.5 Å². The molecule has 0 bridgehead atoms. The Bertz CT molecular complexity index is 957. The standard InChI is InChI=1S/C24H27F3N2O2S/c1-16-11-12-18(13-20(16)24(25,26)27)29-23(31)19-9-5-6-10-21(19)32-15-22(30)28-14-17-7-3-2-4-8-17/h5-6,9-13,17H,2-4,7-8,14-15H2,1H3,(H,28,30)(H,29,31). The number of amides is 2. The topological polar surface area (TPSA) is 58.2 Å². The van der Waals surface area contributed by atoms with Crippen molar-refractivity contribution in [1.29, 1.82) is 0 Å². The number of carbonyl (C=O) groups excluding carboxylic acids is 2. The van der Waals surface area contributed by atoms with Crippen molar-refractivity contribution >= 4 is 29.3 Å². The second kappa shape index (κ2) is 10.9. The Morgan fingerprint density at radius 2 is 1.78 bits per heavy atom. The average Bonchev–Trinajstić information content (AvgIpc) is 2.77. The molecule has 0 unspecified atom stereocenters. The van der Waals surface area contributed by atoms with Gasteiger partial charge in [0, 0.05) is 17.1 Å². The Hall–Kier alpha value is -2.48. The number of thioether (sulfide) groups is 1. The maximum absolute atomic E-state index is 13.2. The van der Waals surface area contributed by atoms with Crippen LogP contribution < -0.4 is 10.6 Å². The van der Waals surface area contributed by atoms with Crippen LogP contribution in [0, 0.1) is 12.8 Å². The van der Waals surface area contributed by atoms with Gasteiger partial charge in [0.15, 0.2) is 0 Å². The smallest absolute Gasteiger partial charge is 0.355 e. The Balaban J connectivity index is 1.61. The highest BCUT2D eigenvalue weighted by atomic mass is 32.2. The molecule has 0 heterocycles. The summed E-state index contributed by atoms with van der Waals surface area (Å²) in [5.41, 5.74) is -0.317. The minimum Gasteiger partial charge on any atom is -0.355 e. The third-order valence-electron chi connectivity index (χ3n) is 5.60. The van der Waals surface area contributed by atoms with Crippen LogP contribution in [0.1, 0.15) is 53.6 Å². The Kier molecular flexibility index (Phi) is 8.23. The molecule has 0 saturated heterocycles. The lowest BCUT2D eigenvalue weighted by atomic mass is 9.89. The Morgan fingerprint density at radius 1 is 1.06 bits per heavy atom. The number of alkyl halides is 3. The van der Waals surface area contributed by atoms with Crippen LogP contribution in [0.5, 0.6) is 0 Å². The molecule has 1 aliphatic carbocycles. The quantitative estimate of drug-likeness (QED) is 0.490. The molecular weight excluding hydrogens is 437 g/mol. The molecule has 2 amide bonds. The zero-order valence-corrected chi connectivity index (χ0v) is 18.7. The van der Waals surface area contributed by atoms with E-state index in [9.17, 15) is 22.8 Å². The lowest BCUT2D eigenvalue weighted by Gasteiger charge is -2.21. The molecule has 2 aromatic rings. The predicted molar refractivity (Wildman–Crippen MR) is 121 cm³/mol. The van der Waals surface area contributed by atoms with E-state index >= 15 is 0 Å². The van der Waals surface area contributed by atoms with Gasteiger partial charge in [-0.3, -0.25) is 9.59 Å². The van der Waals surface area contributed by atoms with Gasteiger partial charge in [0.2, 0.25) is 5.91 Å². The van der Waals surface area contributed by atoms with Gasteiger partial charge in [-0.25, -0.2) is 0 Å². The number of benzene rings is 2. The van der Waals surface area contributed by atoms with Crippen molar-refractivity contribution in [3.8, 4) is 0 Å². The number of hydrogen-bond acceptors (Lipinski definition) is 3. The molecule has 1 aliphatic rings. The molecule has 0 aromatic heterocycles. The molecule has 2 aromatic carbocycles. The molecule has 0 atom stereocenters. The highest BCUT2D eigenvalue weighted by Gasteiger charge is 2.32. The third kappa shape index (κ3) is 6.76. The molecule has 172 valence electrons. The van der Waals surface area contributed by atoms with Gasteiger partial charge in [-0.1, -0.05) is 37.5 Å². The van der Waals surface area contributed by atoms with Crippen LogP contribution >= 0.6 is 11.8 Å². The fourth-order valence-electron chi connectivity index (χ4n) is 3.83. The van der Waals surface area contributed by atoms with Gasteiger partial charge in [0.1, 0.15) is 0 Å². The summed E-state index contributed by atoms with van der Waals surface area (Å²) < 4.78 is 39.5. The summed E-state index contributed by atoms with van der Waals surface area (Å²) >= 11 is 1.24.